The van der Waals surface area contributed by atoms with Gasteiger partial charge in [0.1, 0.15) is 4.90 Å². The molecule has 0 atom stereocenters. The molecular formula is C14H17NaO3S. The van der Waals surface area contributed by atoms with Crippen molar-refractivity contribution in [3.05, 3.63) is 49.4 Å². The molecule has 0 amide bonds. The molecule has 19 heavy (non-hydrogen) atoms. The van der Waals surface area contributed by atoms with Crippen molar-refractivity contribution in [1.82, 2.24) is 0 Å². The predicted molar refractivity (Wildman–Crippen MR) is 74.0 cm³/mol. The zero-order valence-corrected chi connectivity index (χ0v) is 14.3. The molecule has 5 heteroatoms. The van der Waals surface area contributed by atoms with Crippen LogP contribution in [0.2, 0.25) is 0 Å². The third kappa shape index (κ3) is 6.06. The molecule has 0 bridgehead atoms. The fraction of sp³-hybridized carbons (Fsp3) is 0.214. The minimum Gasteiger partial charge on any atom is -0.341 e. The summed E-state index contributed by atoms with van der Waals surface area (Å²) in [6.45, 7) is 7.75. The van der Waals surface area contributed by atoms with Crippen molar-refractivity contribution in [1.29, 1.82) is 0 Å². The molecule has 3 nitrogen and oxygen atoms in total. The molecule has 0 fully saturated rings. The standard InChI is InChI=1S/C10H8O3S.C4H9.Na/c11-14(12,13)10-7-3-5-8-4-1-2-6-9(8)10;1-4(2)3;/h1-7H,(H,11,12,13);4H,1H2,2-3H3;/q;-1;+1. The van der Waals surface area contributed by atoms with Gasteiger partial charge in [0, 0.05) is 5.39 Å². The summed E-state index contributed by atoms with van der Waals surface area (Å²) in [5.41, 5.74) is 0. The van der Waals surface area contributed by atoms with Crippen molar-refractivity contribution < 1.29 is 42.5 Å². The summed E-state index contributed by atoms with van der Waals surface area (Å²) in [6.07, 6.45) is 0. The van der Waals surface area contributed by atoms with E-state index < -0.39 is 10.1 Å². The van der Waals surface area contributed by atoms with Gasteiger partial charge < -0.3 is 6.92 Å². The number of hydrogen-bond acceptors (Lipinski definition) is 2. The Kier molecular flexibility index (Phi) is 7.86. The van der Waals surface area contributed by atoms with E-state index in [0.717, 1.165) is 5.39 Å². The molecule has 0 saturated carbocycles. The van der Waals surface area contributed by atoms with E-state index in [4.69, 9.17) is 4.55 Å². The molecule has 2 aromatic carbocycles. The fourth-order valence-electron chi connectivity index (χ4n) is 1.42. The van der Waals surface area contributed by atoms with E-state index in [1.165, 1.54) is 6.07 Å². The van der Waals surface area contributed by atoms with Crippen LogP contribution in [0, 0.1) is 12.8 Å². The van der Waals surface area contributed by atoms with E-state index in [2.05, 4.69) is 20.8 Å². The first-order valence-corrected chi connectivity index (χ1v) is 7.04. The summed E-state index contributed by atoms with van der Waals surface area (Å²) in [5, 5.41) is 1.33. The smallest absolute Gasteiger partial charge is 0.341 e. The van der Waals surface area contributed by atoms with Crippen LogP contribution in [0.25, 0.3) is 10.8 Å². The second-order valence-corrected chi connectivity index (χ2v) is 5.74. The van der Waals surface area contributed by atoms with Gasteiger partial charge in [0.25, 0.3) is 10.1 Å². The Morgan fingerprint density at radius 1 is 1.05 bits per heavy atom. The first-order valence-electron chi connectivity index (χ1n) is 5.60. The fourth-order valence-corrected chi connectivity index (χ4v) is 2.13. The third-order valence-corrected chi connectivity index (χ3v) is 2.94. The maximum absolute atomic E-state index is 11.0. The van der Waals surface area contributed by atoms with Crippen molar-refractivity contribution in [2.75, 3.05) is 0 Å². The summed E-state index contributed by atoms with van der Waals surface area (Å²) in [4.78, 5) is -0.0457. The van der Waals surface area contributed by atoms with Crippen LogP contribution in [0.15, 0.2) is 47.4 Å². The predicted octanol–water partition coefficient (Wildman–Crippen LogP) is 0.567. The summed E-state index contributed by atoms with van der Waals surface area (Å²) >= 11 is 0. The van der Waals surface area contributed by atoms with Crippen molar-refractivity contribution in [2.24, 2.45) is 5.92 Å². The Morgan fingerprint density at radius 2 is 1.53 bits per heavy atom. The SMILES string of the molecule is O=S(=O)(O)c1cccc2ccccc12.[CH2-]C(C)C.[Na+]. The van der Waals surface area contributed by atoms with Gasteiger partial charge in [-0.05, 0) is 11.5 Å². The molecule has 98 valence electrons. The maximum atomic E-state index is 11.0. The number of benzene rings is 2. The Hall–Kier alpha value is -0.390. The molecular weight excluding hydrogens is 271 g/mol. The van der Waals surface area contributed by atoms with E-state index in [1.807, 2.05) is 6.07 Å². The zero-order valence-electron chi connectivity index (χ0n) is 11.5. The molecule has 2 rings (SSSR count). The van der Waals surface area contributed by atoms with Crippen LogP contribution >= 0.6 is 0 Å². The number of rotatable bonds is 1. The van der Waals surface area contributed by atoms with Crippen LogP contribution in [0.1, 0.15) is 13.8 Å². The van der Waals surface area contributed by atoms with Gasteiger partial charge in [-0.2, -0.15) is 14.3 Å². The summed E-state index contributed by atoms with van der Waals surface area (Å²) < 4.78 is 31.0. The molecule has 0 unspecified atom stereocenters. The minimum absolute atomic E-state index is 0. The van der Waals surface area contributed by atoms with Gasteiger partial charge in [0.05, 0.1) is 0 Å². The van der Waals surface area contributed by atoms with E-state index in [9.17, 15) is 8.42 Å². The molecule has 0 saturated heterocycles. The van der Waals surface area contributed by atoms with Crippen LogP contribution in [-0.4, -0.2) is 13.0 Å². The monoisotopic (exact) mass is 288 g/mol. The molecule has 0 aromatic heterocycles. The van der Waals surface area contributed by atoms with Gasteiger partial charge in [-0.1, -0.05) is 50.2 Å². The molecule has 0 spiro atoms. The number of hydrogen-bond donors (Lipinski definition) is 1. The van der Waals surface area contributed by atoms with Crippen LogP contribution in [0.4, 0.5) is 0 Å². The molecule has 1 N–H and O–H groups in total. The zero-order chi connectivity index (χ0) is 13.8. The molecule has 0 heterocycles. The summed E-state index contributed by atoms with van der Waals surface area (Å²) in [7, 11) is -4.13. The second kappa shape index (κ2) is 8.02. The third-order valence-electron chi connectivity index (χ3n) is 2.03. The van der Waals surface area contributed by atoms with Crippen LogP contribution in [0.3, 0.4) is 0 Å². The Labute approximate surface area is 137 Å². The quantitative estimate of drug-likeness (QED) is 0.474. The van der Waals surface area contributed by atoms with Crippen molar-refractivity contribution in [3.8, 4) is 0 Å². The Balaban J connectivity index is 0.000000576. The molecule has 0 radical (unpaired) electrons. The van der Waals surface area contributed by atoms with Crippen LogP contribution in [-0.2, 0) is 10.1 Å². The second-order valence-electron chi connectivity index (χ2n) is 4.35. The van der Waals surface area contributed by atoms with Crippen LogP contribution < -0.4 is 29.6 Å². The van der Waals surface area contributed by atoms with E-state index >= 15 is 0 Å². The van der Waals surface area contributed by atoms with Gasteiger partial charge in [0.15, 0.2) is 0 Å². The van der Waals surface area contributed by atoms with Crippen molar-refractivity contribution in [2.45, 2.75) is 18.7 Å². The maximum Gasteiger partial charge on any atom is 1.00 e. The van der Waals surface area contributed by atoms with Gasteiger partial charge in [0.2, 0.25) is 0 Å². The van der Waals surface area contributed by atoms with Gasteiger partial charge in [-0.25, -0.2) is 0 Å². The molecule has 0 aliphatic carbocycles. The van der Waals surface area contributed by atoms with E-state index in [-0.39, 0.29) is 34.5 Å². The Morgan fingerprint density at radius 3 is 2.05 bits per heavy atom. The van der Waals surface area contributed by atoms with E-state index in [1.54, 1.807) is 30.3 Å². The van der Waals surface area contributed by atoms with Crippen molar-refractivity contribution >= 4 is 20.9 Å². The average Bonchev–Trinajstić information content (AvgIpc) is 2.26. The molecule has 0 aliphatic rings. The Bertz CT molecular complexity index is 613. The van der Waals surface area contributed by atoms with Gasteiger partial charge in [-0.3, -0.25) is 4.55 Å². The number of fused-ring (bicyclic) bond motifs is 1. The minimum atomic E-state index is -4.13. The summed E-state index contributed by atoms with van der Waals surface area (Å²) in [6, 6.07) is 11.8. The van der Waals surface area contributed by atoms with Gasteiger partial charge in [-0.15, -0.1) is 0 Å². The first-order chi connectivity index (χ1) is 8.32. The van der Waals surface area contributed by atoms with E-state index in [0.29, 0.717) is 11.3 Å². The molecule has 2 aromatic rings. The van der Waals surface area contributed by atoms with Crippen LogP contribution in [0.5, 0.6) is 0 Å². The average molecular weight is 288 g/mol. The largest absolute Gasteiger partial charge is 1.00 e. The topological polar surface area (TPSA) is 54.4 Å². The molecule has 0 aliphatic heterocycles. The summed E-state index contributed by atoms with van der Waals surface area (Å²) in [5.74, 6) is 0.583. The van der Waals surface area contributed by atoms with Crippen molar-refractivity contribution in [3.63, 3.8) is 0 Å². The first kappa shape index (κ1) is 18.6. The normalized spacial score (nSPS) is 10.6. The van der Waals surface area contributed by atoms with Gasteiger partial charge >= 0.3 is 29.6 Å².